The van der Waals surface area contributed by atoms with Crippen molar-refractivity contribution in [3.8, 4) is 5.75 Å². The van der Waals surface area contributed by atoms with E-state index in [9.17, 15) is 39.9 Å². The number of non-ortho nitro benzene ring substituents is 3. The summed E-state index contributed by atoms with van der Waals surface area (Å²) in [5.74, 6) is -1.66. The molecule has 1 amide bonds. The topological polar surface area (TPSA) is 197 Å². The first-order valence-electron chi connectivity index (χ1n) is 10.1. The van der Waals surface area contributed by atoms with Gasteiger partial charge in [-0.2, -0.15) is 5.10 Å². The Morgan fingerprint density at radius 2 is 1.32 bits per heavy atom. The van der Waals surface area contributed by atoms with Crippen LogP contribution in [-0.4, -0.2) is 32.9 Å². The van der Waals surface area contributed by atoms with Gasteiger partial charge in [0.2, 0.25) is 0 Å². The van der Waals surface area contributed by atoms with E-state index in [1.807, 2.05) is 0 Å². The summed E-state index contributed by atoms with van der Waals surface area (Å²) < 4.78 is 5.22. The van der Waals surface area contributed by atoms with Crippen molar-refractivity contribution in [1.82, 2.24) is 5.43 Å². The predicted octanol–water partition coefficient (Wildman–Crippen LogP) is 3.79. The van der Waals surface area contributed by atoms with Crippen LogP contribution in [-0.2, 0) is 4.79 Å². The van der Waals surface area contributed by atoms with Crippen LogP contribution in [0.3, 0.4) is 0 Å². The van der Waals surface area contributed by atoms with Crippen molar-refractivity contribution in [2.24, 2.45) is 5.10 Å². The Morgan fingerprint density at radius 1 is 0.784 bits per heavy atom. The molecule has 0 aliphatic carbocycles. The van der Waals surface area contributed by atoms with Crippen LogP contribution in [0.15, 0.2) is 77.9 Å². The lowest BCUT2D eigenvalue weighted by Crippen LogP contribution is -2.17. The average Bonchev–Trinajstić information content (AvgIpc) is 2.88. The number of rotatable bonds is 9. The first-order chi connectivity index (χ1) is 17.6. The first-order valence-corrected chi connectivity index (χ1v) is 10.1. The number of esters is 1. The minimum atomic E-state index is -0.850. The zero-order valence-electron chi connectivity index (χ0n) is 18.5. The van der Waals surface area contributed by atoms with E-state index >= 15 is 0 Å². The van der Waals surface area contributed by atoms with Gasteiger partial charge in [-0.15, -0.1) is 0 Å². The molecule has 0 aliphatic heterocycles. The molecule has 186 valence electrons. The third kappa shape index (κ3) is 7.10. The quantitative estimate of drug-likeness (QED) is 0.112. The van der Waals surface area contributed by atoms with Gasteiger partial charge in [-0.05, 0) is 42.0 Å². The van der Waals surface area contributed by atoms with Crippen molar-refractivity contribution in [3.63, 3.8) is 0 Å². The van der Waals surface area contributed by atoms with Gasteiger partial charge in [0.25, 0.3) is 23.0 Å². The number of hydrogen-bond acceptors (Lipinski definition) is 10. The van der Waals surface area contributed by atoms with E-state index in [1.165, 1.54) is 48.5 Å². The van der Waals surface area contributed by atoms with Gasteiger partial charge in [0.05, 0.1) is 21.0 Å². The summed E-state index contributed by atoms with van der Waals surface area (Å²) in [6.07, 6.45) is 3.44. The maximum absolute atomic E-state index is 12.3. The van der Waals surface area contributed by atoms with Gasteiger partial charge in [0.15, 0.2) is 0 Å². The van der Waals surface area contributed by atoms with Crippen LogP contribution in [0.25, 0.3) is 6.08 Å². The molecule has 14 heteroatoms. The fourth-order valence-electron chi connectivity index (χ4n) is 2.82. The Hall–Kier alpha value is -5.79. The second-order valence-corrected chi connectivity index (χ2v) is 7.09. The minimum Gasteiger partial charge on any atom is -0.423 e. The number of nitro groups is 3. The molecule has 0 saturated carbocycles. The molecule has 0 saturated heterocycles. The summed E-state index contributed by atoms with van der Waals surface area (Å²) >= 11 is 0. The lowest BCUT2D eigenvalue weighted by Gasteiger charge is -2.06. The Morgan fingerprint density at radius 3 is 1.89 bits per heavy atom. The average molecular weight is 505 g/mol. The van der Waals surface area contributed by atoms with Crippen LogP contribution in [0, 0.1) is 30.3 Å². The molecule has 0 atom stereocenters. The molecule has 37 heavy (non-hydrogen) atoms. The maximum atomic E-state index is 12.3. The van der Waals surface area contributed by atoms with E-state index in [0.717, 1.165) is 36.6 Å². The van der Waals surface area contributed by atoms with E-state index in [0.29, 0.717) is 5.56 Å². The highest BCUT2D eigenvalue weighted by Gasteiger charge is 2.14. The highest BCUT2D eigenvalue weighted by atomic mass is 16.6. The molecule has 3 aromatic rings. The monoisotopic (exact) mass is 505 g/mol. The van der Waals surface area contributed by atoms with Crippen LogP contribution in [0.2, 0.25) is 0 Å². The largest absolute Gasteiger partial charge is 0.423 e. The summed E-state index contributed by atoms with van der Waals surface area (Å²) in [7, 11) is 0. The summed E-state index contributed by atoms with van der Waals surface area (Å²) in [5, 5.41) is 36.3. The molecule has 0 spiro atoms. The second-order valence-electron chi connectivity index (χ2n) is 7.09. The van der Waals surface area contributed by atoms with Gasteiger partial charge in [-0.3, -0.25) is 35.1 Å². The number of carbonyl (C=O) groups is 2. The van der Waals surface area contributed by atoms with Gasteiger partial charge in [-0.1, -0.05) is 0 Å². The Labute approximate surface area is 206 Å². The standard InChI is InChI=1S/C23H15N5O9/c29-22(12-3-15-1-6-18(7-2-15)26(31)32)37-21-11-10-20(28(35)36)13-17(21)14-24-25-23(30)16-4-8-19(9-5-16)27(33)34/h1-14H,(H,25,30)/b12-3+,24-14+. The van der Waals surface area contributed by atoms with Crippen LogP contribution in [0.5, 0.6) is 5.75 Å². The molecule has 0 aliphatic rings. The molecule has 0 bridgehead atoms. The molecule has 1 N–H and O–H groups in total. The van der Waals surface area contributed by atoms with E-state index in [2.05, 4.69) is 10.5 Å². The number of ether oxygens (including phenoxy) is 1. The maximum Gasteiger partial charge on any atom is 0.336 e. The van der Waals surface area contributed by atoms with Gasteiger partial charge in [0.1, 0.15) is 5.75 Å². The van der Waals surface area contributed by atoms with Crippen molar-refractivity contribution in [3.05, 3.63) is 120 Å². The van der Waals surface area contributed by atoms with E-state index in [-0.39, 0.29) is 33.9 Å². The Balaban J connectivity index is 1.73. The molecular formula is C23H15N5O9. The molecule has 3 aromatic carbocycles. The van der Waals surface area contributed by atoms with Crippen molar-refractivity contribution < 1.29 is 29.1 Å². The number of carbonyl (C=O) groups excluding carboxylic acids is 2. The molecule has 0 fully saturated rings. The van der Waals surface area contributed by atoms with E-state index < -0.39 is 26.6 Å². The summed E-state index contributed by atoms with van der Waals surface area (Å²) in [6.45, 7) is 0. The van der Waals surface area contributed by atoms with E-state index in [1.54, 1.807) is 0 Å². The Bertz CT molecular complexity index is 1430. The molecule has 0 heterocycles. The third-order valence-electron chi connectivity index (χ3n) is 4.64. The van der Waals surface area contributed by atoms with E-state index in [4.69, 9.17) is 4.74 Å². The van der Waals surface area contributed by atoms with Crippen molar-refractivity contribution in [2.75, 3.05) is 0 Å². The van der Waals surface area contributed by atoms with Gasteiger partial charge in [0, 0.05) is 53.6 Å². The SMILES string of the molecule is O=C(/C=C/c1ccc([N+](=O)[O-])cc1)Oc1ccc([N+](=O)[O-])cc1/C=N/NC(=O)c1ccc([N+](=O)[O-])cc1. The number of hydrazone groups is 1. The molecule has 14 nitrogen and oxygen atoms in total. The number of nitrogens with one attached hydrogen (secondary N) is 1. The zero-order valence-corrected chi connectivity index (χ0v) is 18.5. The fourth-order valence-corrected chi connectivity index (χ4v) is 2.82. The lowest BCUT2D eigenvalue weighted by atomic mass is 10.2. The molecule has 0 aromatic heterocycles. The van der Waals surface area contributed by atoms with Crippen molar-refractivity contribution in [1.29, 1.82) is 0 Å². The van der Waals surface area contributed by atoms with Crippen molar-refractivity contribution >= 4 is 41.2 Å². The minimum absolute atomic E-state index is 0.00437. The lowest BCUT2D eigenvalue weighted by molar-refractivity contribution is -0.385. The fraction of sp³-hybridized carbons (Fsp3) is 0. The molecule has 0 radical (unpaired) electrons. The molecule has 0 unspecified atom stereocenters. The Kier molecular flexibility index (Phi) is 8.07. The van der Waals surface area contributed by atoms with Crippen LogP contribution < -0.4 is 10.2 Å². The van der Waals surface area contributed by atoms with Gasteiger partial charge in [-0.25, -0.2) is 10.2 Å². The van der Waals surface area contributed by atoms with Gasteiger partial charge >= 0.3 is 5.97 Å². The van der Waals surface area contributed by atoms with Crippen LogP contribution >= 0.6 is 0 Å². The molecular weight excluding hydrogens is 490 g/mol. The third-order valence-corrected chi connectivity index (χ3v) is 4.64. The van der Waals surface area contributed by atoms with Crippen LogP contribution in [0.1, 0.15) is 21.5 Å². The number of nitro benzene ring substituents is 3. The highest BCUT2D eigenvalue weighted by molar-refractivity contribution is 5.96. The van der Waals surface area contributed by atoms with Crippen molar-refractivity contribution in [2.45, 2.75) is 0 Å². The number of nitrogens with zero attached hydrogens (tertiary/aromatic N) is 4. The van der Waals surface area contributed by atoms with Gasteiger partial charge < -0.3 is 4.74 Å². The summed E-state index contributed by atoms with van der Waals surface area (Å²) in [5.41, 5.74) is 2.08. The normalized spacial score (nSPS) is 10.8. The summed E-state index contributed by atoms with van der Waals surface area (Å²) in [6, 6.07) is 13.5. The highest BCUT2D eigenvalue weighted by Crippen LogP contribution is 2.23. The summed E-state index contributed by atoms with van der Waals surface area (Å²) in [4.78, 5) is 55.2. The first kappa shape index (κ1) is 25.8. The smallest absolute Gasteiger partial charge is 0.336 e. The second kappa shape index (κ2) is 11.6. The molecule has 3 rings (SSSR count). The number of hydrogen-bond donors (Lipinski definition) is 1. The predicted molar refractivity (Wildman–Crippen MR) is 129 cm³/mol. The number of benzene rings is 3. The zero-order chi connectivity index (χ0) is 26.9. The van der Waals surface area contributed by atoms with Crippen LogP contribution in [0.4, 0.5) is 17.1 Å². The number of amides is 1.